The minimum absolute atomic E-state index is 0.0835. The number of Topliss-reactive ketones (excluding diaryl/α,β-unsaturated/α-hetero) is 1. The van der Waals surface area contributed by atoms with Crippen LogP contribution in [0.3, 0.4) is 0 Å². The van der Waals surface area contributed by atoms with Crippen LogP contribution in [0.2, 0.25) is 0 Å². The number of hydrogen-bond acceptors (Lipinski definition) is 13. The highest BCUT2D eigenvalue weighted by atomic mass is 16.8. The lowest BCUT2D eigenvalue weighted by atomic mass is 9.87. The normalized spacial score (nSPS) is 29.8. The molecule has 1 unspecified atom stereocenters. The van der Waals surface area contributed by atoms with E-state index in [1.165, 1.54) is 42.5 Å². The molecule has 42 heavy (non-hydrogen) atoms. The van der Waals surface area contributed by atoms with E-state index in [1.54, 1.807) is 0 Å². The van der Waals surface area contributed by atoms with Gasteiger partial charge in [0.25, 0.3) is 11.6 Å². The molecule has 2 saturated heterocycles. The number of ketones is 1. The Balaban J connectivity index is 1.36. The lowest BCUT2D eigenvalue weighted by Crippen LogP contribution is -2.56. The van der Waals surface area contributed by atoms with Crippen molar-refractivity contribution in [2.24, 2.45) is 0 Å². The summed E-state index contributed by atoms with van der Waals surface area (Å²) in [4.78, 5) is 73.7. The number of carbonyl (C=O) groups excluding carboxylic acids is 6. The third-order valence-electron chi connectivity index (χ3n) is 6.68. The Morgan fingerprint density at radius 1 is 0.690 bits per heavy atom. The van der Waals surface area contributed by atoms with Crippen LogP contribution >= 0.6 is 0 Å². The molecule has 4 rings (SSSR count). The molecule has 1 aliphatic carbocycles. The maximum atomic E-state index is 12.6. The zero-order valence-corrected chi connectivity index (χ0v) is 22.5. The van der Waals surface area contributed by atoms with Crippen molar-refractivity contribution >= 4 is 35.6 Å². The van der Waals surface area contributed by atoms with Crippen LogP contribution < -0.4 is 5.11 Å². The van der Waals surface area contributed by atoms with Crippen LogP contribution in [0, 0.1) is 0 Å². The first-order valence-electron chi connectivity index (χ1n) is 12.7. The number of carbonyl (C=O) groups is 6. The van der Waals surface area contributed by atoms with Crippen LogP contribution in [0.15, 0.2) is 83.9 Å². The molecule has 0 radical (unpaired) electrons. The van der Waals surface area contributed by atoms with Crippen LogP contribution in [0.5, 0.6) is 0 Å². The second-order valence-electron chi connectivity index (χ2n) is 9.60. The Hall–Kier alpha value is -5.20. The number of esters is 5. The van der Waals surface area contributed by atoms with Gasteiger partial charge in [0.05, 0.1) is 11.5 Å². The Bertz CT molecular complexity index is 1400. The first-order valence-corrected chi connectivity index (χ1v) is 12.7. The second kappa shape index (κ2) is 11.4. The number of cyclic esters (lactones) is 1. The van der Waals surface area contributed by atoms with E-state index in [9.17, 15) is 33.9 Å². The first kappa shape index (κ1) is 29.8. The lowest BCUT2D eigenvalue weighted by molar-refractivity contribution is -0.389. The van der Waals surface area contributed by atoms with Crippen molar-refractivity contribution in [1.82, 2.24) is 0 Å². The molecule has 0 amide bonds. The fourth-order valence-electron chi connectivity index (χ4n) is 4.24. The van der Waals surface area contributed by atoms with Gasteiger partial charge in [0, 0.05) is 25.7 Å². The largest absolute Gasteiger partial charge is 0.569 e. The summed E-state index contributed by atoms with van der Waals surface area (Å²) >= 11 is 0. The zero-order chi connectivity index (χ0) is 30.7. The molecule has 220 valence electrons. The number of hydrogen-bond donors (Lipinski definition) is 0. The summed E-state index contributed by atoms with van der Waals surface area (Å²) in [5, 5.41) is 12.1. The standard InChI is InChI=1S/C29H26O13/c1-4-5-7-10-19-23(33)39-28(40-24(19)34)13-15-29(16-14-28)41-25(35)20(26(36)42-29)12-9-6-8-11-18-21(31)37-27(3,17(2)30)38-22(18)32/h4-12,31H,1,13-16H2,2-3H3/p-1/b7-5+,9-6+,11-8+,19-10?,20-12?. The Labute approximate surface area is 239 Å². The highest BCUT2D eigenvalue weighted by molar-refractivity contribution is 6.16. The van der Waals surface area contributed by atoms with Gasteiger partial charge in [-0.1, -0.05) is 43.0 Å². The summed E-state index contributed by atoms with van der Waals surface area (Å²) in [6, 6.07) is 0. The predicted molar refractivity (Wildman–Crippen MR) is 135 cm³/mol. The average molecular weight is 582 g/mol. The quantitative estimate of drug-likeness (QED) is 0.144. The molecule has 2 spiro atoms. The molecular weight excluding hydrogens is 556 g/mol. The van der Waals surface area contributed by atoms with Crippen molar-refractivity contribution in [3.05, 3.63) is 83.9 Å². The first-order chi connectivity index (χ1) is 19.8. The minimum Gasteiger partial charge on any atom is -0.569 e. The molecule has 0 aromatic heterocycles. The highest BCUT2D eigenvalue weighted by Gasteiger charge is 2.56. The van der Waals surface area contributed by atoms with Crippen molar-refractivity contribution in [2.45, 2.75) is 56.9 Å². The molecule has 1 atom stereocenters. The Morgan fingerprint density at radius 2 is 1.14 bits per heavy atom. The van der Waals surface area contributed by atoms with Gasteiger partial charge in [0.2, 0.25) is 5.79 Å². The zero-order valence-electron chi connectivity index (χ0n) is 22.5. The van der Waals surface area contributed by atoms with Gasteiger partial charge >= 0.3 is 29.8 Å². The van der Waals surface area contributed by atoms with E-state index in [4.69, 9.17) is 28.4 Å². The van der Waals surface area contributed by atoms with Crippen molar-refractivity contribution in [2.75, 3.05) is 0 Å². The van der Waals surface area contributed by atoms with Crippen molar-refractivity contribution in [1.29, 1.82) is 0 Å². The number of ether oxygens (including phenoxy) is 6. The maximum Gasteiger partial charge on any atom is 0.348 e. The van der Waals surface area contributed by atoms with Crippen LogP contribution in [0.1, 0.15) is 39.5 Å². The molecular formula is C29H25O13-. The minimum atomic E-state index is -2.00. The summed E-state index contributed by atoms with van der Waals surface area (Å²) in [5.41, 5.74) is -1.18. The van der Waals surface area contributed by atoms with E-state index < -0.39 is 70.1 Å². The van der Waals surface area contributed by atoms with Crippen LogP contribution in [0.25, 0.3) is 0 Å². The maximum absolute atomic E-state index is 12.6. The van der Waals surface area contributed by atoms with Gasteiger partial charge in [0.15, 0.2) is 5.78 Å². The van der Waals surface area contributed by atoms with Crippen LogP contribution in [0.4, 0.5) is 0 Å². The average Bonchev–Trinajstić information content (AvgIpc) is 2.90. The predicted octanol–water partition coefficient (Wildman–Crippen LogP) is 1.31. The van der Waals surface area contributed by atoms with Crippen LogP contribution in [-0.2, 0) is 57.2 Å². The van der Waals surface area contributed by atoms with Gasteiger partial charge < -0.3 is 33.5 Å². The van der Waals surface area contributed by atoms with Gasteiger partial charge in [-0.15, -0.1) is 0 Å². The van der Waals surface area contributed by atoms with E-state index in [2.05, 4.69) is 6.58 Å². The van der Waals surface area contributed by atoms with E-state index in [-0.39, 0.29) is 31.3 Å². The fraction of sp³-hybridized carbons (Fsp3) is 0.310. The molecule has 0 aromatic rings. The molecule has 13 heteroatoms. The molecule has 3 fully saturated rings. The SMILES string of the molecule is C=C/C=C/C=C1C(=O)OC2(CCC3(CC2)OC(=O)C(=C/C=C/C=C/C2=C([O-])OC(C)(C(C)=O)OC2=O)C(=O)O3)OC1=O. The topological polar surface area (TPSA) is 181 Å². The van der Waals surface area contributed by atoms with E-state index in [0.717, 1.165) is 26.0 Å². The van der Waals surface area contributed by atoms with E-state index in [0.29, 0.717) is 0 Å². The van der Waals surface area contributed by atoms with E-state index in [1.807, 2.05) is 0 Å². The third-order valence-corrected chi connectivity index (χ3v) is 6.68. The smallest absolute Gasteiger partial charge is 0.348 e. The monoisotopic (exact) mass is 581 g/mol. The lowest BCUT2D eigenvalue weighted by Gasteiger charge is -2.45. The number of rotatable bonds is 6. The second-order valence-corrected chi connectivity index (χ2v) is 9.60. The van der Waals surface area contributed by atoms with Gasteiger partial charge in [-0.3, -0.25) is 4.79 Å². The van der Waals surface area contributed by atoms with Crippen molar-refractivity contribution < 1.29 is 62.3 Å². The molecule has 1 saturated carbocycles. The number of allylic oxidation sites excluding steroid dienone is 8. The van der Waals surface area contributed by atoms with Gasteiger partial charge in [0.1, 0.15) is 11.1 Å². The molecule has 0 N–H and O–H groups in total. The van der Waals surface area contributed by atoms with E-state index >= 15 is 0 Å². The third kappa shape index (κ3) is 5.94. The fourth-order valence-corrected chi connectivity index (χ4v) is 4.24. The summed E-state index contributed by atoms with van der Waals surface area (Å²) in [6.07, 6.45) is 11.3. The highest BCUT2D eigenvalue weighted by Crippen LogP contribution is 2.45. The summed E-state index contributed by atoms with van der Waals surface area (Å²) in [5.74, 6) is -11.7. The Morgan fingerprint density at radius 3 is 1.55 bits per heavy atom. The van der Waals surface area contributed by atoms with Crippen molar-refractivity contribution in [3.8, 4) is 0 Å². The van der Waals surface area contributed by atoms with Crippen molar-refractivity contribution in [3.63, 3.8) is 0 Å². The molecule has 0 aromatic carbocycles. The Kier molecular flexibility index (Phi) is 8.05. The molecule has 3 heterocycles. The molecule has 0 bridgehead atoms. The summed E-state index contributed by atoms with van der Waals surface area (Å²) in [7, 11) is 0. The van der Waals surface area contributed by atoms with Crippen LogP contribution in [-0.4, -0.2) is 53.0 Å². The molecule has 3 aliphatic heterocycles. The van der Waals surface area contributed by atoms with Gasteiger partial charge in [-0.05, 0) is 32.1 Å². The summed E-state index contributed by atoms with van der Waals surface area (Å²) < 4.78 is 31.4. The molecule has 13 nitrogen and oxygen atoms in total. The van der Waals surface area contributed by atoms with Gasteiger partial charge in [-0.25, -0.2) is 24.0 Å². The summed E-state index contributed by atoms with van der Waals surface area (Å²) in [6.45, 7) is 5.74. The van der Waals surface area contributed by atoms with Gasteiger partial charge in [-0.2, -0.15) is 0 Å². The molecule has 4 aliphatic rings.